The number of aromatic nitrogens is 2. The first-order valence-electron chi connectivity index (χ1n) is 6.33. The van der Waals surface area contributed by atoms with Gasteiger partial charge in [-0.15, -0.1) is 0 Å². The molecule has 1 aliphatic heterocycles. The van der Waals surface area contributed by atoms with Crippen LogP contribution in [0.2, 0.25) is 0 Å². The molecule has 2 aromatic rings. The van der Waals surface area contributed by atoms with E-state index in [1.54, 1.807) is 12.1 Å². The Hall–Kier alpha value is -1.68. The molecule has 2 aliphatic rings. The van der Waals surface area contributed by atoms with Crippen LogP contribution in [0.15, 0.2) is 30.3 Å². The molecule has 1 fully saturated rings. The Labute approximate surface area is 105 Å². The van der Waals surface area contributed by atoms with Crippen molar-refractivity contribution in [3.05, 3.63) is 41.8 Å². The minimum Gasteiger partial charge on any atom is -0.309 e. The van der Waals surface area contributed by atoms with E-state index in [4.69, 9.17) is 0 Å². The Kier molecular flexibility index (Phi) is 1.95. The van der Waals surface area contributed by atoms with Crippen molar-refractivity contribution < 1.29 is 4.39 Å². The highest BCUT2D eigenvalue weighted by Gasteiger charge is 2.48. The van der Waals surface area contributed by atoms with E-state index in [1.807, 2.05) is 6.07 Å². The van der Waals surface area contributed by atoms with Crippen molar-refractivity contribution in [3.63, 3.8) is 0 Å². The van der Waals surface area contributed by atoms with Crippen LogP contribution in [0.3, 0.4) is 0 Å². The van der Waals surface area contributed by atoms with Gasteiger partial charge in [0.2, 0.25) is 0 Å². The minimum absolute atomic E-state index is 0.207. The molecule has 0 saturated heterocycles. The third-order valence-corrected chi connectivity index (χ3v) is 3.94. The zero-order valence-corrected chi connectivity index (χ0v) is 9.99. The van der Waals surface area contributed by atoms with Crippen molar-refractivity contribution in [3.8, 4) is 11.3 Å². The van der Waals surface area contributed by atoms with Crippen molar-refractivity contribution in [2.75, 3.05) is 6.54 Å². The van der Waals surface area contributed by atoms with E-state index in [-0.39, 0.29) is 11.4 Å². The smallest absolute Gasteiger partial charge is 0.123 e. The number of fused-ring (bicyclic) bond motifs is 2. The summed E-state index contributed by atoms with van der Waals surface area (Å²) < 4.78 is 15.4. The highest BCUT2D eigenvalue weighted by Crippen LogP contribution is 2.45. The van der Waals surface area contributed by atoms with Crippen LogP contribution in [-0.2, 0) is 12.1 Å². The largest absolute Gasteiger partial charge is 0.309 e. The molecular formula is C14H14FN3. The molecule has 0 amide bonds. The summed E-state index contributed by atoms with van der Waals surface area (Å²) in [5.74, 6) is -0.210. The van der Waals surface area contributed by atoms with Crippen molar-refractivity contribution in [2.24, 2.45) is 0 Å². The second-order valence-electron chi connectivity index (χ2n) is 5.27. The van der Waals surface area contributed by atoms with Gasteiger partial charge in [-0.1, -0.05) is 12.1 Å². The Balaban J connectivity index is 1.82. The molecule has 1 spiro atoms. The van der Waals surface area contributed by atoms with Crippen LogP contribution in [0.25, 0.3) is 11.3 Å². The normalized spacial score (nSPS) is 19.8. The lowest BCUT2D eigenvalue weighted by Crippen LogP contribution is -2.39. The van der Waals surface area contributed by atoms with Crippen LogP contribution in [0.5, 0.6) is 0 Å². The second-order valence-corrected chi connectivity index (χ2v) is 5.27. The lowest BCUT2D eigenvalue weighted by Gasteiger charge is -2.24. The molecule has 18 heavy (non-hydrogen) atoms. The Morgan fingerprint density at radius 2 is 2.17 bits per heavy atom. The lowest BCUT2D eigenvalue weighted by atomic mass is 10.1. The SMILES string of the molecule is Fc1cccc(-c2cc3n(n2)C2(CC2)CNC3)c1. The summed E-state index contributed by atoms with van der Waals surface area (Å²) in [7, 11) is 0. The Bertz CT molecular complexity index is 613. The number of benzene rings is 1. The molecular weight excluding hydrogens is 229 g/mol. The number of nitrogens with zero attached hydrogens (tertiary/aromatic N) is 2. The standard InChI is InChI=1S/C14H14FN3/c15-11-3-1-2-10(6-11)13-7-12-8-16-9-14(4-5-14)18(12)17-13/h1-3,6-7,16H,4-5,8-9H2. The van der Waals surface area contributed by atoms with E-state index in [0.29, 0.717) is 0 Å². The van der Waals surface area contributed by atoms with E-state index < -0.39 is 0 Å². The fraction of sp³-hybridized carbons (Fsp3) is 0.357. The third kappa shape index (κ3) is 1.42. The maximum atomic E-state index is 13.3. The van der Waals surface area contributed by atoms with E-state index >= 15 is 0 Å². The van der Waals surface area contributed by atoms with Crippen LogP contribution >= 0.6 is 0 Å². The van der Waals surface area contributed by atoms with Crippen molar-refractivity contribution >= 4 is 0 Å². The molecule has 1 saturated carbocycles. The number of halogens is 1. The second kappa shape index (κ2) is 3.42. The topological polar surface area (TPSA) is 29.9 Å². The van der Waals surface area contributed by atoms with Gasteiger partial charge in [0.25, 0.3) is 0 Å². The van der Waals surface area contributed by atoms with Crippen LogP contribution in [0, 0.1) is 5.82 Å². The van der Waals surface area contributed by atoms with Gasteiger partial charge in [-0.25, -0.2) is 4.39 Å². The molecule has 1 N–H and O–H groups in total. The summed E-state index contributed by atoms with van der Waals surface area (Å²) in [6, 6.07) is 8.71. The number of nitrogens with one attached hydrogen (secondary N) is 1. The van der Waals surface area contributed by atoms with Crippen LogP contribution < -0.4 is 5.32 Å². The number of hydrogen-bond donors (Lipinski definition) is 1. The van der Waals surface area contributed by atoms with Gasteiger partial charge in [0, 0.05) is 18.7 Å². The molecule has 0 bridgehead atoms. The highest BCUT2D eigenvalue weighted by molar-refractivity contribution is 5.59. The zero-order chi connectivity index (χ0) is 12.2. The van der Waals surface area contributed by atoms with Gasteiger partial charge in [0.05, 0.1) is 16.9 Å². The summed E-state index contributed by atoms with van der Waals surface area (Å²) in [6.07, 6.45) is 2.38. The van der Waals surface area contributed by atoms with Gasteiger partial charge in [0.1, 0.15) is 5.82 Å². The van der Waals surface area contributed by atoms with Gasteiger partial charge in [-0.05, 0) is 31.0 Å². The van der Waals surface area contributed by atoms with Gasteiger partial charge >= 0.3 is 0 Å². The molecule has 0 unspecified atom stereocenters. The average molecular weight is 243 g/mol. The summed E-state index contributed by atoms with van der Waals surface area (Å²) in [4.78, 5) is 0. The Morgan fingerprint density at radius 1 is 1.28 bits per heavy atom. The molecule has 2 heterocycles. The van der Waals surface area contributed by atoms with Gasteiger partial charge in [0.15, 0.2) is 0 Å². The van der Waals surface area contributed by atoms with E-state index in [2.05, 4.69) is 21.2 Å². The highest BCUT2D eigenvalue weighted by atomic mass is 19.1. The van der Waals surface area contributed by atoms with Crippen molar-refractivity contribution in [1.29, 1.82) is 0 Å². The quantitative estimate of drug-likeness (QED) is 0.832. The molecule has 0 radical (unpaired) electrons. The summed E-state index contributed by atoms with van der Waals surface area (Å²) >= 11 is 0. The summed E-state index contributed by atoms with van der Waals surface area (Å²) in [6.45, 7) is 1.86. The van der Waals surface area contributed by atoms with E-state index in [9.17, 15) is 4.39 Å². The van der Waals surface area contributed by atoms with Gasteiger partial charge < -0.3 is 5.32 Å². The Morgan fingerprint density at radius 3 is 2.94 bits per heavy atom. The summed E-state index contributed by atoms with van der Waals surface area (Å²) in [5, 5.41) is 8.12. The maximum absolute atomic E-state index is 13.3. The third-order valence-electron chi connectivity index (χ3n) is 3.94. The first-order chi connectivity index (χ1) is 8.77. The molecule has 1 aromatic carbocycles. The predicted molar refractivity (Wildman–Crippen MR) is 66.5 cm³/mol. The zero-order valence-electron chi connectivity index (χ0n) is 9.99. The minimum atomic E-state index is -0.210. The number of rotatable bonds is 1. The van der Waals surface area contributed by atoms with Crippen molar-refractivity contribution in [1.82, 2.24) is 15.1 Å². The van der Waals surface area contributed by atoms with E-state index in [1.165, 1.54) is 24.6 Å². The van der Waals surface area contributed by atoms with Crippen molar-refractivity contribution in [2.45, 2.75) is 24.9 Å². The van der Waals surface area contributed by atoms with Crippen LogP contribution in [-0.4, -0.2) is 16.3 Å². The van der Waals surface area contributed by atoms with Gasteiger partial charge in [-0.3, -0.25) is 4.68 Å². The first-order valence-corrected chi connectivity index (χ1v) is 6.33. The van der Waals surface area contributed by atoms with Crippen LogP contribution in [0.1, 0.15) is 18.5 Å². The molecule has 4 heteroatoms. The summed E-state index contributed by atoms with van der Waals surface area (Å²) in [5.41, 5.74) is 3.14. The fourth-order valence-electron chi connectivity index (χ4n) is 2.78. The number of hydrogen-bond acceptors (Lipinski definition) is 2. The van der Waals surface area contributed by atoms with E-state index in [0.717, 1.165) is 24.3 Å². The molecule has 0 atom stereocenters. The molecule has 4 rings (SSSR count). The molecule has 92 valence electrons. The lowest BCUT2D eigenvalue weighted by molar-refractivity contribution is 0.346. The monoisotopic (exact) mass is 243 g/mol. The maximum Gasteiger partial charge on any atom is 0.123 e. The fourth-order valence-corrected chi connectivity index (χ4v) is 2.78. The molecule has 1 aromatic heterocycles. The van der Waals surface area contributed by atoms with Gasteiger partial charge in [-0.2, -0.15) is 5.10 Å². The molecule has 1 aliphatic carbocycles. The predicted octanol–water partition coefficient (Wildman–Crippen LogP) is 2.28. The first kappa shape index (κ1) is 10.3. The average Bonchev–Trinajstić information content (AvgIpc) is 2.99. The van der Waals surface area contributed by atoms with Crippen LogP contribution in [0.4, 0.5) is 4.39 Å². The molecule has 3 nitrogen and oxygen atoms in total.